The van der Waals surface area contributed by atoms with Gasteiger partial charge in [0.2, 0.25) is 5.91 Å². The summed E-state index contributed by atoms with van der Waals surface area (Å²) < 4.78 is 4.74. The summed E-state index contributed by atoms with van der Waals surface area (Å²) in [6.45, 7) is 2.23. The Morgan fingerprint density at radius 2 is 2.25 bits per heavy atom. The molecule has 2 N–H and O–H groups in total. The summed E-state index contributed by atoms with van der Waals surface area (Å²) in [6.07, 6.45) is 5.98. The minimum absolute atomic E-state index is 0.147. The van der Waals surface area contributed by atoms with E-state index >= 15 is 0 Å². The van der Waals surface area contributed by atoms with E-state index in [4.69, 9.17) is 4.52 Å². The number of nitrogens with one attached hydrogen (secondary N) is 1. The van der Waals surface area contributed by atoms with E-state index in [0.29, 0.717) is 13.0 Å². The molecule has 3 heterocycles. The van der Waals surface area contributed by atoms with Crippen LogP contribution < -0.4 is 5.43 Å². The van der Waals surface area contributed by atoms with Gasteiger partial charge in [0.25, 0.3) is 5.91 Å². The van der Waals surface area contributed by atoms with Gasteiger partial charge in [-0.3, -0.25) is 15.0 Å². The van der Waals surface area contributed by atoms with E-state index in [0.717, 1.165) is 45.2 Å². The number of aromatic nitrogens is 1. The number of amides is 2. The fourth-order valence-corrected chi connectivity index (χ4v) is 4.02. The molecule has 0 aromatic carbocycles. The molecule has 8 heteroatoms. The lowest BCUT2D eigenvalue weighted by atomic mass is 9.78. The molecule has 4 rings (SSSR count). The Bertz CT molecular complexity index is 643. The van der Waals surface area contributed by atoms with Gasteiger partial charge in [0, 0.05) is 25.7 Å². The zero-order valence-corrected chi connectivity index (χ0v) is 13.5. The smallest absolute Gasteiger partial charge is 0.295 e. The molecule has 130 valence electrons. The molecular formula is C16H22N4O4. The van der Waals surface area contributed by atoms with Crippen LogP contribution in [0.25, 0.3) is 0 Å². The monoisotopic (exact) mass is 334 g/mol. The van der Waals surface area contributed by atoms with E-state index < -0.39 is 11.1 Å². The first-order chi connectivity index (χ1) is 11.5. The number of hydrazine groups is 1. The number of hydrogen-bond donors (Lipinski definition) is 2. The third-order valence-electron chi connectivity index (χ3n) is 5.65. The number of rotatable bonds is 4. The lowest BCUT2D eigenvalue weighted by molar-refractivity contribution is -0.120. The SMILES string of the molecule is O=C1CC2(CCN(CCC3(O)CCC3)C2)N(C(=O)c2ccon2)N1. The van der Waals surface area contributed by atoms with E-state index in [1.54, 1.807) is 0 Å². The van der Waals surface area contributed by atoms with Crippen molar-refractivity contribution in [1.29, 1.82) is 0 Å². The lowest BCUT2D eigenvalue weighted by Gasteiger charge is -2.38. The van der Waals surface area contributed by atoms with Crippen LogP contribution in [0, 0.1) is 0 Å². The molecule has 1 unspecified atom stereocenters. The molecule has 1 aromatic rings. The van der Waals surface area contributed by atoms with Crippen LogP contribution >= 0.6 is 0 Å². The molecule has 24 heavy (non-hydrogen) atoms. The largest absolute Gasteiger partial charge is 0.390 e. The number of carbonyl (C=O) groups excluding carboxylic acids is 2. The molecule has 2 amide bonds. The van der Waals surface area contributed by atoms with Gasteiger partial charge in [-0.1, -0.05) is 5.16 Å². The van der Waals surface area contributed by atoms with E-state index in [9.17, 15) is 14.7 Å². The van der Waals surface area contributed by atoms with Gasteiger partial charge in [-0.05, 0) is 32.1 Å². The third kappa shape index (κ3) is 2.59. The van der Waals surface area contributed by atoms with Crippen molar-refractivity contribution in [1.82, 2.24) is 20.5 Å². The predicted molar refractivity (Wildman–Crippen MR) is 82.6 cm³/mol. The second-order valence-electron chi connectivity index (χ2n) is 7.32. The van der Waals surface area contributed by atoms with Crippen molar-refractivity contribution in [2.45, 2.75) is 49.7 Å². The number of likely N-dealkylation sites (tertiary alicyclic amines) is 1. The van der Waals surface area contributed by atoms with Crippen LogP contribution in [0.3, 0.4) is 0 Å². The quantitative estimate of drug-likeness (QED) is 0.822. The molecule has 0 radical (unpaired) electrons. The van der Waals surface area contributed by atoms with Gasteiger partial charge in [-0.2, -0.15) is 0 Å². The van der Waals surface area contributed by atoms with E-state index in [2.05, 4.69) is 15.5 Å². The summed E-state index contributed by atoms with van der Waals surface area (Å²) in [5, 5.41) is 15.4. The van der Waals surface area contributed by atoms with Crippen molar-refractivity contribution in [3.05, 3.63) is 18.0 Å². The molecule has 1 atom stereocenters. The number of aliphatic hydroxyl groups is 1. The summed E-state index contributed by atoms with van der Waals surface area (Å²) >= 11 is 0. The molecule has 3 aliphatic rings. The average Bonchev–Trinajstić information content (AvgIpc) is 3.24. The summed E-state index contributed by atoms with van der Waals surface area (Å²) in [5.74, 6) is -0.486. The Kier molecular flexibility index (Phi) is 3.61. The van der Waals surface area contributed by atoms with Gasteiger partial charge in [0.05, 0.1) is 17.6 Å². The van der Waals surface area contributed by atoms with E-state index in [1.807, 2.05) is 0 Å². The average molecular weight is 334 g/mol. The minimum atomic E-state index is -0.532. The number of carbonyl (C=O) groups is 2. The topological polar surface area (TPSA) is 98.9 Å². The number of nitrogens with zero attached hydrogens (tertiary/aromatic N) is 3. The summed E-state index contributed by atoms with van der Waals surface area (Å²) in [6, 6.07) is 1.50. The van der Waals surface area contributed by atoms with Gasteiger partial charge in [0.15, 0.2) is 5.69 Å². The Morgan fingerprint density at radius 3 is 2.92 bits per heavy atom. The predicted octanol–water partition coefficient (Wildman–Crippen LogP) is 0.301. The maximum absolute atomic E-state index is 12.6. The molecule has 3 fully saturated rings. The minimum Gasteiger partial charge on any atom is -0.390 e. The normalized spacial score (nSPS) is 29.0. The first-order valence-electron chi connectivity index (χ1n) is 8.49. The molecule has 2 saturated heterocycles. The van der Waals surface area contributed by atoms with Crippen LogP contribution in [-0.4, -0.2) is 62.8 Å². The zero-order chi connectivity index (χ0) is 16.8. The molecule has 1 spiro atoms. The summed E-state index contributed by atoms with van der Waals surface area (Å²) in [5.41, 5.74) is 1.83. The molecule has 1 aromatic heterocycles. The van der Waals surface area contributed by atoms with Crippen LogP contribution in [0.4, 0.5) is 0 Å². The third-order valence-corrected chi connectivity index (χ3v) is 5.65. The van der Waals surface area contributed by atoms with Crippen LogP contribution in [-0.2, 0) is 4.79 Å². The van der Waals surface area contributed by atoms with E-state index in [1.165, 1.54) is 17.3 Å². The van der Waals surface area contributed by atoms with Crippen LogP contribution in [0.5, 0.6) is 0 Å². The second kappa shape index (κ2) is 5.56. The van der Waals surface area contributed by atoms with Gasteiger partial charge in [-0.25, -0.2) is 5.01 Å². The van der Waals surface area contributed by atoms with Crippen LogP contribution in [0.1, 0.15) is 49.0 Å². The summed E-state index contributed by atoms with van der Waals surface area (Å²) in [7, 11) is 0. The van der Waals surface area contributed by atoms with Crippen LogP contribution in [0.15, 0.2) is 16.9 Å². The standard InChI is InChI=1S/C16H22N4O4/c21-13-10-15(20(17-13)14(22)12-2-9-24-18-12)5-7-19(11-15)8-6-16(23)3-1-4-16/h2,9,23H,1,3-8,10-11H2,(H,17,21). The highest BCUT2D eigenvalue weighted by Gasteiger charge is 2.52. The van der Waals surface area contributed by atoms with Crippen LogP contribution in [0.2, 0.25) is 0 Å². The maximum atomic E-state index is 12.6. The number of hydrogen-bond acceptors (Lipinski definition) is 6. The highest BCUT2D eigenvalue weighted by atomic mass is 16.5. The Balaban J connectivity index is 1.45. The maximum Gasteiger partial charge on any atom is 0.295 e. The van der Waals surface area contributed by atoms with Crippen molar-refractivity contribution < 1.29 is 19.2 Å². The zero-order valence-electron chi connectivity index (χ0n) is 13.5. The van der Waals surface area contributed by atoms with Crippen molar-refractivity contribution >= 4 is 11.8 Å². The second-order valence-corrected chi connectivity index (χ2v) is 7.32. The molecule has 1 saturated carbocycles. The molecule has 8 nitrogen and oxygen atoms in total. The summed E-state index contributed by atoms with van der Waals surface area (Å²) in [4.78, 5) is 26.8. The molecular weight excluding hydrogens is 312 g/mol. The Hall–Kier alpha value is -1.93. The molecule has 1 aliphatic carbocycles. The Morgan fingerprint density at radius 1 is 1.42 bits per heavy atom. The highest BCUT2D eigenvalue weighted by Crippen LogP contribution is 2.38. The Labute approximate surface area is 139 Å². The first-order valence-corrected chi connectivity index (χ1v) is 8.49. The van der Waals surface area contributed by atoms with Crippen molar-refractivity contribution in [3.63, 3.8) is 0 Å². The van der Waals surface area contributed by atoms with Gasteiger partial charge in [0.1, 0.15) is 6.26 Å². The molecule has 0 bridgehead atoms. The lowest BCUT2D eigenvalue weighted by Crippen LogP contribution is -2.53. The molecule has 2 aliphatic heterocycles. The van der Waals surface area contributed by atoms with Gasteiger partial charge < -0.3 is 14.5 Å². The fraction of sp³-hybridized carbons (Fsp3) is 0.688. The van der Waals surface area contributed by atoms with Crippen molar-refractivity contribution in [2.24, 2.45) is 0 Å². The highest BCUT2D eigenvalue weighted by molar-refractivity contribution is 5.96. The van der Waals surface area contributed by atoms with E-state index in [-0.39, 0.29) is 17.5 Å². The van der Waals surface area contributed by atoms with Crippen molar-refractivity contribution in [2.75, 3.05) is 19.6 Å². The van der Waals surface area contributed by atoms with Gasteiger partial charge >= 0.3 is 0 Å². The first kappa shape index (κ1) is 15.6. The fourth-order valence-electron chi connectivity index (χ4n) is 4.02. The van der Waals surface area contributed by atoms with Crippen molar-refractivity contribution in [3.8, 4) is 0 Å². The van der Waals surface area contributed by atoms with Gasteiger partial charge in [-0.15, -0.1) is 0 Å².